The first-order valence-electron chi connectivity index (χ1n) is 11.3. The van der Waals surface area contributed by atoms with Crippen LogP contribution in [0, 0.1) is 0 Å². The van der Waals surface area contributed by atoms with Crippen molar-refractivity contribution in [2.45, 2.75) is 70.7 Å². The maximum Gasteiger partial charge on any atom is 0.192 e. The number of hydrogen-bond donors (Lipinski definition) is 0. The molecular weight excluding hydrogens is 416 g/mol. The van der Waals surface area contributed by atoms with Gasteiger partial charge in [0.05, 0.1) is 39.1 Å². The van der Waals surface area contributed by atoms with Crippen molar-refractivity contribution in [1.82, 2.24) is 0 Å². The topological polar surface area (TPSA) is 36.9 Å². The Balaban J connectivity index is 2.00. The largest absolute Gasteiger partial charge is 0.497 e. The lowest BCUT2D eigenvalue weighted by atomic mass is 10.1. The monoisotopic (exact) mass is 456 g/mol. The predicted molar refractivity (Wildman–Crippen MR) is 135 cm³/mol. The van der Waals surface area contributed by atoms with Crippen LogP contribution in [-0.4, -0.2) is 34.2 Å². The van der Waals surface area contributed by atoms with E-state index < -0.39 is 8.32 Å². The van der Waals surface area contributed by atoms with Crippen LogP contribution in [0.1, 0.15) is 38.3 Å². The van der Waals surface area contributed by atoms with Gasteiger partial charge in [-0.15, -0.1) is 6.58 Å². The predicted octanol–water partition coefficient (Wildman–Crippen LogP) is 6.76. The van der Waals surface area contributed by atoms with Crippen molar-refractivity contribution >= 4 is 8.32 Å². The van der Waals surface area contributed by atoms with E-state index >= 15 is 0 Å². The van der Waals surface area contributed by atoms with Gasteiger partial charge in [-0.2, -0.15) is 0 Å². The van der Waals surface area contributed by atoms with Crippen LogP contribution in [0.4, 0.5) is 0 Å². The van der Waals surface area contributed by atoms with E-state index in [1.165, 1.54) is 0 Å². The molecule has 0 N–H and O–H groups in total. The first kappa shape index (κ1) is 26.3. The van der Waals surface area contributed by atoms with Crippen LogP contribution in [0.2, 0.25) is 18.1 Å². The molecule has 0 heterocycles. The van der Waals surface area contributed by atoms with Crippen molar-refractivity contribution in [2.24, 2.45) is 0 Å². The number of methoxy groups -OCH3 is 1. The number of hydrogen-bond acceptors (Lipinski definition) is 4. The van der Waals surface area contributed by atoms with Gasteiger partial charge in [0.25, 0.3) is 0 Å². The molecule has 2 aromatic carbocycles. The summed E-state index contributed by atoms with van der Waals surface area (Å²) in [5.74, 6) is 0.845. The van der Waals surface area contributed by atoms with Crippen molar-refractivity contribution in [3.63, 3.8) is 0 Å². The van der Waals surface area contributed by atoms with Crippen molar-refractivity contribution < 1.29 is 18.6 Å². The quantitative estimate of drug-likeness (QED) is 0.246. The number of rotatable bonds is 13. The molecule has 0 fully saturated rings. The molecule has 0 aliphatic carbocycles. The Morgan fingerprint density at radius 2 is 1.56 bits per heavy atom. The molecule has 2 aromatic rings. The Kier molecular flexibility index (Phi) is 10.2. The van der Waals surface area contributed by atoms with Gasteiger partial charge in [-0.3, -0.25) is 0 Å². The van der Waals surface area contributed by atoms with Crippen LogP contribution in [0.15, 0.2) is 67.3 Å². The van der Waals surface area contributed by atoms with Gasteiger partial charge in [-0.25, -0.2) is 0 Å². The minimum atomic E-state index is -1.96. The summed E-state index contributed by atoms with van der Waals surface area (Å²) in [5.41, 5.74) is 2.26. The number of ether oxygens (including phenoxy) is 3. The fraction of sp³-hybridized carbons (Fsp3) is 0.481. The zero-order valence-corrected chi connectivity index (χ0v) is 21.6. The summed E-state index contributed by atoms with van der Waals surface area (Å²) in [6.07, 6.45) is 2.42. The molecule has 0 radical (unpaired) electrons. The standard InChI is InChI=1S/C27H40O4Si/c1-8-24(30-20-22-12-10-9-11-13-22)18-26(31-32(6,7)27(2,3)4)21-29-19-23-14-16-25(28-5)17-15-23/h8-17,24,26H,1,18-21H2,2-7H3/t24-,26-/m1/s1. The fourth-order valence-corrected chi connectivity index (χ4v) is 4.39. The smallest absolute Gasteiger partial charge is 0.192 e. The van der Waals surface area contributed by atoms with Gasteiger partial charge < -0.3 is 18.6 Å². The third-order valence-corrected chi connectivity index (χ3v) is 10.6. The minimum Gasteiger partial charge on any atom is -0.497 e. The molecule has 0 saturated carbocycles. The average molecular weight is 457 g/mol. The van der Waals surface area contributed by atoms with E-state index in [1.807, 2.05) is 48.5 Å². The van der Waals surface area contributed by atoms with E-state index in [0.29, 0.717) is 26.2 Å². The van der Waals surface area contributed by atoms with E-state index in [-0.39, 0.29) is 17.2 Å². The SMILES string of the molecule is C=C[C@H](C[C@H](COCc1ccc(OC)cc1)O[Si](C)(C)C(C)(C)C)OCc1ccccc1. The van der Waals surface area contributed by atoms with E-state index in [1.54, 1.807) is 7.11 Å². The molecule has 0 spiro atoms. The zero-order valence-electron chi connectivity index (χ0n) is 20.6. The first-order chi connectivity index (χ1) is 15.1. The van der Waals surface area contributed by atoms with Crippen LogP contribution < -0.4 is 4.74 Å². The highest BCUT2D eigenvalue weighted by atomic mass is 28.4. The van der Waals surface area contributed by atoms with E-state index in [4.69, 9.17) is 18.6 Å². The van der Waals surface area contributed by atoms with Gasteiger partial charge in [0, 0.05) is 6.42 Å². The maximum absolute atomic E-state index is 6.73. The van der Waals surface area contributed by atoms with Crippen LogP contribution in [0.25, 0.3) is 0 Å². The van der Waals surface area contributed by atoms with E-state index in [0.717, 1.165) is 16.9 Å². The molecule has 4 nitrogen and oxygen atoms in total. The van der Waals surface area contributed by atoms with E-state index in [9.17, 15) is 0 Å². The van der Waals surface area contributed by atoms with Gasteiger partial charge >= 0.3 is 0 Å². The number of benzene rings is 2. The van der Waals surface area contributed by atoms with E-state index in [2.05, 4.69) is 52.6 Å². The molecule has 32 heavy (non-hydrogen) atoms. The fourth-order valence-electron chi connectivity index (χ4n) is 3.04. The van der Waals surface area contributed by atoms with Crippen molar-refractivity contribution in [3.8, 4) is 5.75 Å². The summed E-state index contributed by atoms with van der Waals surface area (Å²) in [6, 6.07) is 18.2. The molecule has 176 valence electrons. The lowest BCUT2D eigenvalue weighted by molar-refractivity contribution is -0.00772. The molecule has 0 aromatic heterocycles. The summed E-state index contributed by atoms with van der Waals surface area (Å²) >= 11 is 0. The molecule has 5 heteroatoms. The summed E-state index contributed by atoms with van der Waals surface area (Å²) < 4.78 is 24.2. The van der Waals surface area contributed by atoms with Crippen LogP contribution >= 0.6 is 0 Å². The zero-order chi connectivity index (χ0) is 23.6. The van der Waals surface area contributed by atoms with Crippen LogP contribution in [0.5, 0.6) is 5.75 Å². The molecule has 2 rings (SSSR count). The Morgan fingerprint density at radius 1 is 0.938 bits per heavy atom. The van der Waals surface area contributed by atoms with Crippen molar-refractivity contribution in [1.29, 1.82) is 0 Å². The minimum absolute atomic E-state index is 0.0621. The summed E-state index contributed by atoms with van der Waals surface area (Å²) in [6.45, 7) is 16.9. The second kappa shape index (κ2) is 12.4. The molecule has 2 atom stereocenters. The lowest BCUT2D eigenvalue weighted by Crippen LogP contribution is -2.46. The summed E-state index contributed by atoms with van der Waals surface area (Å²) in [4.78, 5) is 0. The Morgan fingerprint density at radius 3 is 2.12 bits per heavy atom. The average Bonchev–Trinajstić information content (AvgIpc) is 2.76. The lowest BCUT2D eigenvalue weighted by Gasteiger charge is -2.39. The first-order valence-corrected chi connectivity index (χ1v) is 14.2. The molecule has 0 saturated heterocycles. The van der Waals surface area contributed by atoms with Gasteiger partial charge in [0.2, 0.25) is 0 Å². The van der Waals surface area contributed by atoms with Gasteiger partial charge in [-0.1, -0.05) is 69.3 Å². The molecule has 0 aliphatic rings. The van der Waals surface area contributed by atoms with Gasteiger partial charge in [-0.05, 0) is 41.4 Å². The highest BCUT2D eigenvalue weighted by Crippen LogP contribution is 2.38. The maximum atomic E-state index is 6.73. The van der Waals surface area contributed by atoms with Crippen LogP contribution in [-0.2, 0) is 27.1 Å². The summed E-state index contributed by atoms with van der Waals surface area (Å²) in [5, 5.41) is 0.121. The van der Waals surface area contributed by atoms with Crippen molar-refractivity contribution in [2.75, 3.05) is 13.7 Å². The Labute approximate surface area is 195 Å². The third kappa shape index (κ3) is 8.55. The molecule has 0 bridgehead atoms. The Hall–Kier alpha value is -1.92. The normalized spacial score (nSPS) is 14.1. The molecule has 0 amide bonds. The highest BCUT2D eigenvalue weighted by Gasteiger charge is 2.39. The van der Waals surface area contributed by atoms with Crippen LogP contribution in [0.3, 0.4) is 0 Å². The second-order valence-electron chi connectivity index (χ2n) is 9.67. The second-order valence-corrected chi connectivity index (χ2v) is 14.4. The third-order valence-electron chi connectivity index (χ3n) is 6.06. The Bertz CT molecular complexity index is 797. The molecular formula is C27H40O4Si. The van der Waals surface area contributed by atoms with Gasteiger partial charge in [0.15, 0.2) is 8.32 Å². The molecule has 0 unspecified atom stereocenters. The van der Waals surface area contributed by atoms with Gasteiger partial charge in [0.1, 0.15) is 5.75 Å². The summed E-state index contributed by atoms with van der Waals surface area (Å²) in [7, 11) is -0.292. The highest BCUT2D eigenvalue weighted by molar-refractivity contribution is 6.74. The van der Waals surface area contributed by atoms with Crippen molar-refractivity contribution in [3.05, 3.63) is 78.4 Å². The molecule has 0 aliphatic heterocycles.